The Labute approximate surface area is 127 Å². The first-order chi connectivity index (χ1) is 10.3. The molecule has 0 aromatic heterocycles. The van der Waals surface area contributed by atoms with Crippen molar-refractivity contribution < 1.29 is 0 Å². The third-order valence-corrected chi connectivity index (χ3v) is 3.63. The number of aliphatic imine (C=N–C) groups is 1. The van der Waals surface area contributed by atoms with Gasteiger partial charge in [-0.2, -0.15) is 0 Å². The Bertz CT molecular complexity index is 570. The minimum absolute atomic E-state index is 0.354. The van der Waals surface area contributed by atoms with Gasteiger partial charge in [-0.1, -0.05) is 75.4 Å². The second-order valence-electron chi connectivity index (χ2n) is 4.90. The molecule has 0 bridgehead atoms. The lowest BCUT2D eigenvalue weighted by atomic mass is 9.97. The lowest BCUT2D eigenvalue weighted by molar-refractivity contribution is 0.919. The second-order valence-corrected chi connectivity index (χ2v) is 4.90. The maximum atomic E-state index is 4.50. The minimum Gasteiger partial charge on any atom is -0.371 e. The van der Waals surface area contributed by atoms with Crippen molar-refractivity contribution in [3.8, 4) is 11.1 Å². The first-order valence-electron chi connectivity index (χ1n) is 7.78. The minimum atomic E-state index is 0.354. The molecule has 0 saturated carbocycles. The van der Waals surface area contributed by atoms with Crippen LogP contribution in [-0.2, 0) is 0 Å². The van der Waals surface area contributed by atoms with E-state index in [1.165, 1.54) is 16.7 Å². The predicted molar refractivity (Wildman–Crippen MR) is 91.9 cm³/mol. The summed E-state index contributed by atoms with van der Waals surface area (Å²) in [5.41, 5.74) is 3.84. The number of nitrogens with one attached hydrogen (secondary N) is 1. The van der Waals surface area contributed by atoms with Gasteiger partial charge in [0.05, 0.1) is 6.54 Å². The van der Waals surface area contributed by atoms with E-state index in [1.807, 2.05) is 19.9 Å². The van der Waals surface area contributed by atoms with E-state index in [4.69, 9.17) is 0 Å². The number of nitrogens with zero attached hydrogens (tertiary/aromatic N) is 1. The lowest BCUT2D eigenvalue weighted by Crippen LogP contribution is -2.23. The maximum absolute atomic E-state index is 4.50. The zero-order chi connectivity index (χ0) is 15.1. The molecule has 2 heteroatoms. The zero-order valence-corrected chi connectivity index (χ0v) is 13.1. The molecule has 21 heavy (non-hydrogen) atoms. The Hall–Kier alpha value is -2.09. The van der Waals surface area contributed by atoms with Crippen molar-refractivity contribution in [2.45, 2.75) is 26.7 Å². The van der Waals surface area contributed by atoms with Crippen LogP contribution in [0.5, 0.6) is 0 Å². The first kappa shape index (κ1) is 15.3. The highest BCUT2D eigenvalue weighted by molar-refractivity contribution is 5.89. The quantitative estimate of drug-likeness (QED) is 0.880. The van der Waals surface area contributed by atoms with Gasteiger partial charge in [-0.15, -0.1) is 0 Å². The van der Waals surface area contributed by atoms with E-state index < -0.39 is 0 Å². The molecule has 0 amide bonds. The maximum Gasteiger partial charge on any atom is 0.104 e. The van der Waals surface area contributed by atoms with Crippen LogP contribution < -0.4 is 5.32 Å². The largest absolute Gasteiger partial charge is 0.371 e. The van der Waals surface area contributed by atoms with Crippen LogP contribution >= 0.6 is 0 Å². The Balaban J connectivity index is 0.000000774. The van der Waals surface area contributed by atoms with Crippen molar-refractivity contribution >= 4 is 5.84 Å². The van der Waals surface area contributed by atoms with Crippen molar-refractivity contribution in [3.63, 3.8) is 0 Å². The van der Waals surface area contributed by atoms with Crippen molar-refractivity contribution in [2.75, 3.05) is 13.1 Å². The van der Waals surface area contributed by atoms with Gasteiger partial charge in [0, 0.05) is 12.5 Å². The molecule has 1 aliphatic rings. The predicted octanol–water partition coefficient (Wildman–Crippen LogP) is 4.49. The molecule has 1 unspecified atom stereocenters. The fraction of sp³-hybridized carbons (Fsp3) is 0.316. The molecule has 0 radical (unpaired) electrons. The highest BCUT2D eigenvalue weighted by Gasteiger charge is 2.15. The summed E-state index contributed by atoms with van der Waals surface area (Å²) >= 11 is 0. The Morgan fingerprint density at radius 2 is 1.52 bits per heavy atom. The molecule has 3 rings (SSSR count). The van der Waals surface area contributed by atoms with Gasteiger partial charge in [0.2, 0.25) is 0 Å². The summed E-state index contributed by atoms with van der Waals surface area (Å²) < 4.78 is 0. The molecule has 1 aliphatic heterocycles. The van der Waals surface area contributed by atoms with Crippen LogP contribution in [0.25, 0.3) is 11.1 Å². The lowest BCUT2D eigenvalue weighted by Gasteiger charge is -2.13. The van der Waals surface area contributed by atoms with E-state index in [1.54, 1.807) is 0 Å². The van der Waals surface area contributed by atoms with Gasteiger partial charge in [0.25, 0.3) is 0 Å². The van der Waals surface area contributed by atoms with Crippen LogP contribution in [0.15, 0.2) is 59.6 Å². The summed E-state index contributed by atoms with van der Waals surface area (Å²) in [6.45, 7) is 8.08. The van der Waals surface area contributed by atoms with Gasteiger partial charge in [-0.25, -0.2) is 0 Å². The fourth-order valence-corrected chi connectivity index (χ4v) is 2.46. The van der Waals surface area contributed by atoms with Crippen molar-refractivity contribution in [1.82, 2.24) is 5.32 Å². The number of amidine groups is 1. The highest BCUT2D eigenvalue weighted by Crippen LogP contribution is 2.23. The van der Waals surface area contributed by atoms with Crippen LogP contribution in [0, 0.1) is 0 Å². The van der Waals surface area contributed by atoms with Crippen LogP contribution in [0.1, 0.15) is 32.3 Å². The molecule has 0 fully saturated rings. The highest BCUT2D eigenvalue weighted by atomic mass is 15.1. The summed E-state index contributed by atoms with van der Waals surface area (Å²) in [4.78, 5) is 4.50. The van der Waals surface area contributed by atoms with E-state index in [-0.39, 0.29) is 0 Å². The van der Waals surface area contributed by atoms with Crippen LogP contribution in [-0.4, -0.2) is 18.9 Å². The van der Waals surface area contributed by atoms with Crippen molar-refractivity contribution in [3.05, 3.63) is 60.2 Å². The van der Waals surface area contributed by atoms with Gasteiger partial charge in [-0.05, 0) is 16.7 Å². The molecule has 0 saturated heterocycles. The molecule has 0 spiro atoms. The van der Waals surface area contributed by atoms with E-state index in [0.717, 1.165) is 18.9 Å². The number of rotatable bonds is 3. The number of benzene rings is 2. The molecular weight excluding hydrogens is 256 g/mol. The van der Waals surface area contributed by atoms with Gasteiger partial charge in [-0.3, -0.25) is 4.99 Å². The molecule has 110 valence electrons. The normalized spacial score (nSPS) is 14.5. The second kappa shape index (κ2) is 7.63. The molecule has 2 aromatic carbocycles. The summed E-state index contributed by atoms with van der Waals surface area (Å²) in [5, 5.41) is 3.35. The smallest absolute Gasteiger partial charge is 0.104 e. The average Bonchev–Trinajstić information content (AvgIpc) is 3.11. The van der Waals surface area contributed by atoms with Crippen LogP contribution in [0.4, 0.5) is 0 Å². The first-order valence-corrected chi connectivity index (χ1v) is 7.78. The van der Waals surface area contributed by atoms with Crippen LogP contribution in [0.3, 0.4) is 0 Å². The van der Waals surface area contributed by atoms with Crippen molar-refractivity contribution in [2.24, 2.45) is 4.99 Å². The molecule has 1 atom stereocenters. The topological polar surface area (TPSA) is 24.4 Å². The van der Waals surface area contributed by atoms with E-state index in [0.29, 0.717) is 5.92 Å². The van der Waals surface area contributed by atoms with Gasteiger partial charge < -0.3 is 5.32 Å². The number of hydrogen-bond donors (Lipinski definition) is 1. The SMILES string of the molecule is CC.CC(C1=NCCN1)c1ccc(-c2ccccc2)cc1. The van der Waals surface area contributed by atoms with Gasteiger partial charge >= 0.3 is 0 Å². The summed E-state index contributed by atoms with van der Waals surface area (Å²) in [6, 6.07) is 19.3. The third kappa shape index (κ3) is 3.72. The third-order valence-electron chi connectivity index (χ3n) is 3.63. The van der Waals surface area contributed by atoms with Gasteiger partial charge in [0.15, 0.2) is 0 Å². The Morgan fingerprint density at radius 1 is 0.905 bits per heavy atom. The van der Waals surface area contributed by atoms with E-state index >= 15 is 0 Å². The summed E-state index contributed by atoms with van der Waals surface area (Å²) in [6.07, 6.45) is 0. The van der Waals surface area contributed by atoms with E-state index in [2.05, 4.69) is 65.8 Å². The molecular formula is C19H24N2. The van der Waals surface area contributed by atoms with Gasteiger partial charge in [0.1, 0.15) is 5.84 Å². The Morgan fingerprint density at radius 3 is 2.10 bits per heavy atom. The molecule has 2 nitrogen and oxygen atoms in total. The van der Waals surface area contributed by atoms with Crippen molar-refractivity contribution in [1.29, 1.82) is 0 Å². The monoisotopic (exact) mass is 280 g/mol. The molecule has 1 heterocycles. The molecule has 1 N–H and O–H groups in total. The zero-order valence-electron chi connectivity index (χ0n) is 13.1. The number of hydrogen-bond acceptors (Lipinski definition) is 2. The molecule has 2 aromatic rings. The van der Waals surface area contributed by atoms with Crippen LogP contribution in [0.2, 0.25) is 0 Å². The fourth-order valence-electron chi connectivity index (χ4n) is 2.46. The average molecular weight is 280 g/mol. The molecule has 0 aliphatic carbocycles. The van der Waals surface area contributed by atoms with E-state index in [9.17, 15) is 0 Å². The summed E-state index contributed by atoms with van der Waals surface area (Å²) in [5.74, 6) is 1.47. The summed E-state index contributed by atoms with van der Waals surface area (Å²) in [7, 11) is 0. The standard InChI is InChI=1S/C17H18N2.C2H6/c1-13(17-18-11-12-19-17)14-7-9-16(10-8-14)15-5-3-2-4-6-15;1-2/h2-10,13H,11-12H2,1H3,(H,18,19);1-2H3. The Kier molecular flexibility index (Phi) is 5.56.